The van der Waals surface area contributed by atoms with Gasteiger partial charge in [0.1, 0.15) is 4.16 Å². The number of alkyl halides is 1. The third-order valence-electron chi connectivity index (χ3n) is 1.00. The maximum absolute atomic E-state index is 10.8. The number of nitrogens with zero attached hydrogens (tertiary/aromatic N) is 1. The van der Waals surface area contributed by atoms with Gasteiger partial charge in [0.15, 0.2) is 0 Å². The van der Waals surface area contributed by atoms with Crippen LogP contribution in [0.2, 0.25) is 0 Å². The van der Waals surface area contributed by atoms with Crippen LogP contribution < -0.4 is 0 Å². The van der Waals surface area contributed by atoms with Gasteiger partial charge in [-0.3, -0.25) is 14.5 Å². The van der Waals surface area contributed by atoms with Crippen LogP contribution in [0.3, 0.4) is 0 Å². The molecule has 2 amide bonds. The van der Waals surface area contributed by atoms with Gasteiger partial charge in [-0.25, -0.2) is 0 Å². The van der Waals surface area contributed by atoms with E-state index in [1.807, 2.05) is 0 Å². The van der Waals surface area contributed by atoms with Crippen LogP contribution in [0.15, 0.2) is 0 Å². The maximum Gasteiger partial charge on any atom is 0.289 e. The van der Waals surface area contributed by atoms with Gasteiger partial charge in [0.2, 0.25) is 0 Å². The van der Waals surface area contributed by atoms with Gasteiger partial charge in [-0.1, -0.05) is 15.9 Å². The van der Waals surface area contributed by atoms with E-state index in [1.54, 1.807) is 0 Å². The highest BCUT2D eigenvalue weighted by atomic mass is 79.9. The van der Waals surface area contributed by atoms with E-state index in [0.717, 1.165) is 16.7 Å². The Morgan fingerprint density at radius 1 is 1.67 bits per heavy atom. The van der Waals surface area contributed by atoms with Crippen LogP contribution >= 0.6 is 27.7 Å². The second kappa shape index (κ2) is 2.30. The van der Waals surface area contributed by atoms with Gasteiger partial charge in [0, 0.05) is 7.05 Å². The van der Waals surface area contributed by atoms with Crippen LogP contribution in [0.25, 0.3) is 0 Å². The number of imide groups is 1. The van der Waals surface area contributed by atoms with Crippen LogP contribution in [-0.2, 0) is 4.79 Å². The van der Waals surface area contributed by atoms with Gasteiger partial charge < -0.3 is 0 Å². The second-order valence-corrected chi connectivity index (χ2v) is 4.18. The van der Waals surface area contributed by atoms with Gasteiger partial charge in [0.05, 0.1) is 0 Å². The average Bonchev–Trinajstić information content (AvgIpc) is 1.98. The number of amides is 2. The molecule has 0 aromatic rings. The van der Waals surface area contributed by atoms with Crippen molar-refractivity contribution in [3.8, 4) is 0 Å². The Kier molecular flexibility index (Phi) is 1.81. The monoisotopic (exact) mass is 209 g/mol. The van der Waals surface area contributed by atoms with Crippen molar-refractivity contribution in [1.82, 2.24) is 4.90 Å². The fourth-order valence-electron chi connectivity index (χ4n) is 0.460. The molecule has 1 aliphatic heterocycles. The molecule has 1 fully saturated rings. The quantitative estimate of drug-likeness (QED) is 0.560. The first kappa shape index (κ1) is 7.08. The molecule has 1 unspecified atom stereocenters. The highest BCUT2D eigenvalue weighted by Crippen LogP contribution is 2.29. The minimum Gasteiger partial charge on any atom is -0.275 e. The molecule has 1 aliphatic rings. The fourth-order valence-corrected chi connectivity index (χ4v) is 1.93. The Labute approximate surface area is 64.9 Å². The molecule has 5 heteroatoms. The molecule has 0 aromatic heterocycles. The largest absolute Gasteiger partial charge is 0.289 e. The number of carbonyl (C=O) groups is 2. The zero-order valence-corrected chi connectivity index (χ0v) is 7.03. The van der Waals surface area contributed by atoms with Gasteiger partial charge in [-0.2, -0.15) is 0 Å². The molecule has 9 heavy (non-hydrogen) atoms. The minimum absolute atomic E-state index is 0.176. The molecule has 0 spiro atoms. The average molecular weight is 210 g/mol. The Morgan fingerprint density at radius 3 is 2.33 bits per heavy atom. The van der Waals surface area contributed by atoms with E-state index in [9.17, 15) is 9.59 Å². The summed E-state index contributed by atoms with van der Waals surface area (Å²) in [6.45, 7) is 0. The highest BCUT2D eigenvalue weighted by Gasteiger charge is 2.34. The molecule has 1 heterocycles. The molecule has 0 saturated carbocycles. The number of thioether (sulfide) groups is 1. The molecule has 50 valence electrons. The highest BCUT2D eigenvalue weighted by molar-refractivity contribution is 9.12. The van der Waals surface area contributed by atoms with Gasteiger partial charge in [-0.05, 0) is 11.8 Å². The lowest BCUT2D eigenvalue weighted by Gasteiger charge is -2.00. The van der Waals surface area contributed by atoms with Crippen LogP contribution in [0.1, 0.15) is 0 Å². The summed E-state index contributed by atoms with van der Waals surface area (Å²) in [6.07, 6.45) is 0. The summed E-state index contributed by atoms with van der Waals surface area (Å²) in [5.41, 5.74) is 0. The van der Waals surface area contributed by atoms with Crippen molar-refractivity contribution in [1.29, 1.82) is 0 Å². The molecule has 3 nitrogen and oxygen atoms in total. The summed E-state index contributed by atoms with van der Waals surface area (Å²) >= 11 is 4.03. The van der Waals surface area contributed by atoms with Crippen LogP contribution in [0.5, 0.6) is 0 Å². The first-order chi connectivity index (χ1) is 4.13. The standard InChI is InChI=1S/C4H4BrNO2S/c1-6-3(7)2(5)9-4(6)8/h2H,1H3. The van der Waals surface area contributed by atoms with E-state index in [0.29, 0.717) is 0 Å². The molecule has 0 radical (unpaired) electrons. The third-order valence-corrected chi connectivity index (χ3v) is 2.84. The zero-order valence-electron chi connectivity index (χ0n) is 4.63. The topological polar surface area (TPSA) is 37.4 Å². The lowest BCUT2D eigenvalue weighted by Crippen LogP contribution is -2.24. The number of hydrogen-bond acceptors (Lipinski definition) is 3. The Hall–Kier alpha value is -0.0300. The fraction of sp³-hybridized carbons (Fsp3) is 0.500. The third kappa shape index (κ3) is 1.11. The number of halogens is 1. The van der Waals surface area contributed by atoms with Crippen LogP contribution in [-0.4, -0.2) is 27.3 Å². The van der Waals surface area contributed by atoms with Crippen molar-refractivity contribution in [3.05, 3.63) is 0 Å². The van der Waals surface area contributed by atoms with Crippen molar-refractivity contribution in [2.75, 3.05) is 7.05 Å². The second-order valence-electron chi connectivity index (χ2n) is 1.60. The molecule has 1 saturated heterocycles. The lowest BCUT2D eigenvalue weighted by atomic mass is 10.6. The SMILES string of the molecule is CN1C(=O)SC(Br)C1=O. The Balaban J connectivity index is 2.77. The summed E-state index contributed by atoms with van der Waals surface area (Å²) in [6, 6.07) is 0. The summed E-state index contributed by atoms with van der Waals surface area (Å²) in [4.78, 5) is 22.5. The Morgan fingerprint density at radius 2 is 2.22 bits per heavy atom. The van der Waals surface area contributed by atoms with Crippen LogP contribution in [0, 0.1) is 0 Å². The van der Waals surface area contributed by atoms with E-state index in [-0.39, 0.29) is 15.3 Å². The smallest absolute Gasteiger partial charge is 0.275 e. The Bertz CT molecular complexity index is 172. The van der Waals surface area contributed by atoms with Crippen molar-refractivity contribution in [2.45, 2.75) is 4.16 Å². The first-order valence-electron chi connectivity index (χ1n) is 2.25. The van der Waals surface area contributed by atoms with E-state index >= 15 is 0 Å². The van der Waals surface area contributed by atoms with E-state index < -0.39 is 0 Å². The normalized spacial score (nSPS) is 27.8. The molecule has 0 aliphatic carbocycles. The summed E-state index contributed by atoms with van der Waals surface area (Å²) in [5.74, 6) is -0.176. The maximum atomic E-state index is 10.8. The molecule has 0 bridgehead atoms. The summed E-state index contributed by atoms with van der Waals surface area (Å²) < 4.78 is -0.366. The minimum atomic E-state index is -0.366. The van der Waals surface area contributed by atoms with Crippen molar-refractivity contribution < 1.29 is 9.59 Å². The van der Waals surface area contributed by atoms with Gasteiger partial charge in [-0.15, -0.1) is 0 Å². The molecule has 0 N–H and O–H groups in total. The number of hydrogen-bond donors (Lipinski definition) is 0. The van der Waals surface area contributed by atoms with E-state index in [4.69, 9.17) is 0 Å². The summed E-state index contributed by atoms with van der Waals surface area (Å²) in [5, 5.41) is -0.193. The van der Waals surface area contributed by atoms with Crippen molar-refractivity contribution >= 4 is 38.8 Å². The predicted octanol–water partition coefficient (Wildman–Crippen LogP) is 1.03. The number of carbonyl (C=O) groups excluding carboxylic acids is 2. The van der Waals surface area contributed by atoms with Crippen molar-refractivity contribution in [3.63, 3.8) is 0 Å². The molecular weight excluding hydrogens is 206 g/mol. The number of rotatable bonds is 0. The molecule has 0 aromatic carbocycles. The van der Waals surface area contributed by atoms with Gasteiger partial charge >= 0.3 is 0 Å². The predicted molar refractivity (Wildman–Crippen MR) is 38.5 cm³/mol. The summed E-state index contributed by atoms with van der Waals surface area (Å²) in [7, 11) is 1.47. The van der Waals surface area contributed by atoms with Crippen molar-refractivity contribution in [2.24, 2.45) is 0 Å². The first-order valence-corrected chi connectivity index (χ1v) is 4.04. The molecular formula is C4H4BrNO2S. The lowest BCUT2D eigenvalue weighted by molar-refractivity contribution is -0.124. The van der Waals surface area contributed by atoms with E-state index in [1.165, 1.54) is 7.05 Å². The zero-order chi connectivity index (χ0) is 7.02. The molecule has 1 rings (SSSR count). The van der Waals surface area contributed by atoms with Crippen LogP contribution in [0.4, 0.5) is 4.79 Å². The van der Waals surface area contributed by atoms with Gasteiger partial charge in [0.25, 0.3) is 11.1 Å². The van der Waals surface area contributed by atoms with E-state index in [2.05, 4.69) is 15.9 Å². The molecule has 1 atom stereocenters.